The number of nitriles is 1. The summed E-state index contributed by atoms with van der Waals surface area (Å²) in [6, 6.07) is 2.15. The highest BCUT2D eigenvalue weighted by atomic mass is 16.6. The molecule has 0 heterocycles. The fourth-order valence-corrected chi connectivity index (χ4v) is 2.80. The van der Waals surface area contributed by atoms with Crippen LogP contribution in [0.2, 0.25) is 0 Å². The van der Waals surface area contributed by atoms with Crippen LogP contribution < -0.4 is 0 Å². The molecule has 0 aromatic carbocycles. The minimum atomic E-state index is -0.418. The van der Waals surface area contributed by atoms with Gasteiger partial charge in [-0.2, -0.15) is 5.26 Å². The Morgan fingerprint density at radius 1 is 0.968 bits per heavy atom. The van der Waals surface area contributed by atoms with Crippen LogP contribution in [0, 0.1) is 23.2 Å². The lowest BCUT2D eigenvalue weighted by atomic mass is 10.0. The first kappa shape index (κ1) is 29.2. The first-order valence-electron chi connectivity index (χ1n) is 11.2. The van der Waals surface area contributed by atoms with Crippen molar-refractivity contribution in [3.63, 3.8) is 0 Å². The molecule has 0 fully saturated rings. The summed E-state index contributed by atoms with van der Waals surface area (Å²) in [5.74, 6) is 0.303. The lowest BCUT2D eigenvalue weighted by molar-refractivity contribution is -0.139. The van der Waals surface area contributed by atoms with Crippen LogP contribution in [-0.4, -0.2) is 57.5 Å². The van der Waals surface area contributed by atoms with Crippen molar-refractivity contribution in [1.29, 1.82) is 5.26 Å². The van der Waals surface area contributed by atoms with Crippen molar-refractivity contribution in [3.05, 3.63) is 12.2 Å². The highest BCUT2D eigenvalue weighted by molar-refractivity contribution is 5.86. The summed E-state index contributed by atoms with van der Waals surface area (Å²) in [5, 5.41) is 8.54. The number of hydrogen-bond acceptors (Lipinski definition) is 7. The van der Waals surface area contributed by atoms with Gasteiger partial charge in [-0.25, -0.2) is 4.79 Å². The van der Waals surface area contributed by atoms with Crippen LogP contribution in [0.1, 0.15) is 66.2 Å². The van der Waals surface area contributed by atoms with Crippen LogP contribution in [0.3, 0.4) is 0 Å². The molecule has 0 aromatic heterocycles. The van der Waals surface area contributed by atoms with E-state index in [4.69, 9.17) is 24.2 Å². The molecule has 0 N–H and O–H groups in total. The summed E-state index contributed by atoms with van der Waals surface area (Å²) in [6.45, 7) is 14.1. The molecule has 0 aliphatic rings. The largest absolute Gasteiger partial charge is 0.462 e. The van der Waals surface area contributed by atoms with E-state index in [9.17, 15) is 9.59 Å². The molecular formula is C24H41NO6. The SMILES string of the molecule is C=C(C)C(=O)OCCCC(=O)CC(C)COCC(C)OCCOCC(C)CCCC#N. The summed E-state index contributed by atoms with van der Waals surface area (Å²) < 4.78 is 21.9. The second-order valence-electron chi connectivity index (χ2n) is 8.32. The molecule has 0 aliphatic heterocycles. The van der Waals surface area contributed by atoms with Crippen LogP contribution in [0.4, 0.5) is 0 Å². The lowest BCUT2D eigenvalue weighted by Crippen LogP contribution is -2.21. The maximum absolute atomic E-state index is 12.0. The van der Waals surface area contributed by atoms with E-state index in [1.807, 2.05) is 13.8 Å². The summed E-state index contributed by atoms with van der Waals surface area (Å²) in [5.41, 5.74) is 0.362. The number of hydrogen-bond donors (Lipinski definition) is 0. The number of esters is 1. The maximum Gasteiger partial charge on any atom is 0.333 e. The number of rotatable bonds is 20. The van der Waals surface area contributed by atoms with Crippen LogP contribution in [0.5, 0.6) is 0 Å². The van der Waals surface area contributed by atoms with Gasteiger partial charge in [0.15, 0.2) is 0 Å². The number of carbonyl (C=O) groups is 2. The number of carbonyl (C=O) groups excluding carboxylic acids is 2. The van der Waals surface area contributed by atoms with Crippen LogP contribution >= 0.6 is 0 Å². The fraction of sp³-hybridized carbons (Fsp3) is 0.792. The van der Waals surface area contributed by atoms with E-state index in [0.29, 0.717) is 70.2 Å². The molecule has 0 rings (SSSR count). The van der Waals surface area contributed by atoms with E-state index in [1.165, 1.54) is 0 Å². The van der Waals surface area contributed by atoms with Gasteiger partial charge in [0.1, 0.15) is 5.78 Å². The van der Waals surface area contributed by atoms with Crippen molar-refractivity contribution < 1.29 is 28.5 Å². The zero-order chi connectivity index (χ0) is 23.5. The van der Waals surface area contributed by atoms with Gasteiger partial charge in [0.05, 0.1) is 38.6 Å². The molecule has 0 aromatic rings. The minimum absolute atomic E-state index is 0.0393. The molecule has 3 atom stereocenters. The first-order valence-corrected chi connectivity index (χ1v) is 11.2. The molecule has 0 saturated heterocycles. The van der Waals surface area contributed by atoms with Crippen molar-refractivity contribution in [1.82, 2.24) is 0 Å². The molecule has 0 radical (unpaired) electrons. The van der Waals surface area contributed by atoms with Crippen molar-refractivity contribution in [2.24, 2.45) is 11.8 Å². The summed E-state index contributed by atoms with van der Waals surface area (Å²) >= 11 is 0. The normalized spacial score (nSPS) is 13.8. The molecule has 0 spiro atoms. The number of ether oxygens (including phenoxy) is 4. The van der Waals surface area contributed by atoms with Crippen molar-refractivity contribution in [3.8, 4) is 6.07 Å². The Morgan fingerprint density at radius 3 is 2.35 bits per heavy atom. The first-order chi connectivity index (χ1) is 14.8. The third-order valence-corrected chi connectivity index (χ3v) is 4.53. The Labute approximate surface area is 188 Å². The van der Waals surface area contributed by atoms with E-state index in [2.05, 4.69) is 19.6 Å². The van der Waals surface area contributed by atoms with Gasteiger partial charge < -0.3 is 18.9 Å². The molecule has 0 saturated carbocycles. The van der Waals surface area contributed by atoms with Crippen LogP contribution in [0.25, 0.3) is 0 Å². The highest BCUT2D eigenvalue weighted by Crippen LogP contribution is 2.09. The average Bonchev–Trinajstić information content (AvgIpc) is 2.70. The highest BCUT2D eigenvalue weighted by Gasteiger charge is 2.11. The monoisotopic (exact) mass is 439 g/mol. The average molecular weight is 440 g/mol. The molecule has 7 heteroatoms. The number of nitrogens with zero attached hydrogens (tertiary/aromatic N) is 1. The number of unbranched alkanes of at least 4 members (excludes halogenated alkanes) is 1. The van der Waals surface area contributed by atoms with Crippen molar-refractivity contribution in [2.75, 3.05) is 39.6 Å². The quantitative estimate of drug-likeness (QED) is 0.159. The van der Waals surface area contributed by atoms with Crippen molar-refractivity contribution >= 4 is 11.8 Å². The molecule has 0 bridgehead atoms. The predicted octanol–water partition coefficient (Wildman–Crippen LogP) is 4.25. The smallest absolute Gasteiger partial charge is 0.333 e. The third kappa shape index (κ3) is 18.7. The van der Waals surface area contributed by atoms with Crippen LogP contribution in [-0.2, 0) is 28.5 Å². The van der Waals surface area contributed by atoms with E-state index >= 15 is 0 Å². The molecule has 31 heavy (non-hydrogen) atoms. The Balaban J connectivity index is 3.64. The van der Waals surface area contributed by atoms with Gasteiger partial charge in [-0.15, -0.1) is 0 Å². The summed E-state index contributed by atoms with van der Waals surface area (Å²) in [6.07, 6.45) is 3.85. The summed E-state index contributed by atoms with van der Waals surface area (Å²) in [4.78, 5) is 23.2. The molecule has 178 valence electrons. The van der Waals surface area contributed by atoms with E-state index in [1.54, 1.807) is 6.92 Å². The Kier molecular flexibility index (Phi) is 17.9. The van der Waals surface area contributed by atoms with Gasteiger partial charge in [-0.1, -0.05) is 20.4 Å². The van der Waals surface area contributed by atoms with Gasteiger partial charge in [0, 0.05) is 38.0 Å². The van der Waals surface area contributed by atoms with Gasteiger partial charge >= 0.3 is 5.97 Å². The molecule has 0 aliphatic carbocycles. The zero-order valence-corrected chi connectivity index (χ0v) is 19.8. The standard InChI is InChI=1S/C24H41NO6/c1-19(2)24(27)31-12-8-10-23(26)15-21(4)17-29-18-22(5)30-14-13-28-16-20(3)9-6-7-11-25/h20-22H,1,6-10,12-18H2,2-5H3. The second-order valence-corrected chi connectivity index (χ2v) is 8.32. The molecule has 0 amide bonds. The zero-order valence-electron chi connectivity index (χ0n) is 19.8. The van der Waals surface area contributed by atoms with E-state index in [-0.39, 0.29) is 24.4 Å². The van der Waals surface area contributed by atoms with Gasteiger partial charge in [-0.3, -0.25) is 4.79 Å². The van der Waals surface area contributed by atoms with Crippen molar-refractivity contribution in [2.45, 2.75) is 72.3 Å². The Hall–Kier alpha value is -1.75. The molecule has 7 nitrogen and oxygen atoms in total. The lowest BCUT2D eigenvalue weighted by Gasteiger charge is -2.16. The maximum atomic E-state index is 12.0. The van der Waals surface area contributed by atoms with Gasteiger partial charge in [-0.05, 0) is 44.9 Å². The second kappa shape index (κ2) is 19.0. The van der Waals surface area contributed by atoms with Gasteiger partial charge in [0.25, 0.3) is 0 Å². The van der Waals surface area contributed by atoms with Crippen LogP contribution in [0.15, 0.2) is 12.2 Å². The fourth-order valence-electron chi connectivity index (χ4n) is 2.80. The topological polar surface area (TPSA) is 94.9 Å². The summed E-state index contributed by atoms with van der Waals surface area (Å²) in [7, 11) is 0. The third-order valence-electron chi connectivity index (χ3n) is 4.53. The Morgan fingerprint density at radius 2 is 1.68 bits per heavy atom. The molecular weight excluding hydrogens is 398 g/mol. The number of ketones is 1. The van der Waals surface area contributed by atoms with E-state index < -0.39 is 5.97 Å². The predicted molar refractivity (Wildman–Crippen MR) is 119 cm³/mol. The molecule has 3 unspecified atom stereocenters. The number of Topliss-reactive ketones (excluding diaryl/α,β-unsaturated/α-hetero) is 1. The van der Waals surface area contributed by atoms with E-state index in [0.717, 1.165) is 12.8 Å². The van der Waals surface area contributed by atoms with Gasteiger partial charge in [0.2, 0.25) is 0 Å². The minimum Gasteiger partial charge on any atom is -0.462 e. The Bertz CT molecular complexity index is 557.